The van der Waals surface area contributed by atoms with Gasteiger partial charge in [-0.25, -0.2) is 4.79 Å². The summed E-state index contributed by atoms with van der Waals surface area (Å²) in [6, 6.07) is 7.64. The van der Waals surface area contributed by atoms with Gasteiger partial charge >= 0.3 is 5.97 Å². The molecule has 1 heterocycles. The second kappa shape index (κ2) is 11.4. The summed E-state index contributed by atoms with van der Waals surface area (Å²) in [5.41, 5.74) is 0.642. The third-order valence-corrected chi connectivity index (χ3v) is 6.80. The maximum atomic E-state index is 12.6. The first-order chi connectivity index (χ1) is 15.0. The molecule has 7 nitrogen and oxygen atoms in total. The Hall–Kier alpha value is -2.22. The van der Waals surface area contributed by atoms with E-state index >= 15 is 0 Å². The number of ether oxygens (including phenoxy) is 2. The van der Waals surface area contributed by atoms with Crippen LogP contribution in [0.5, 0.6) is 5.75 Å². The van der Waals surface area contributed by atoms with E-state index in [1.54, 1.807) is 43.8 Å². The molecule has 0 aromatic heterocycles. The summed E-state index contributed by atoms with van der Waals surface area (Å²) in [5.74, 6) is 0.917. The van der Waals surface area contributed by atoms with Gasteiger partial charge in [0.25, 0.3) is 0 Å². The van der Waals surface area contributed by atoms with E-state index in [1.165, 1.54) is 32.1 Å². The molecule has 8 heteroatoms. The molecule has 2 unspecified atom stereocenters. The average Bonchev–Trinajstić information content (AvgIpc) is 3.08. The number of carbonyl (C=O) groups is 2. The molecule has 1 aromatic carbocycles. The number of rotatable bonds is 8. The van der Waals surface area contributed by atoms with E-state index < -0.39 is 12.1 Å². The molecule has 3 rings (SSSR count). The highest BCUT2D eigenvalue weighted by Gasteiger charge is 2.30. The highest BCUT2D eigenvalue weighted by atomic mass is 32.2. The molecule has 1 aromatic rings. The number of nitrogens with one attached hydrogen (secondary N) is 1. The van der Waals surface area contributed by atoms with Gasteiger partial charge < -0.3 is 19.7 Å². The molecule has 170 valence electrons. The number of amides is 1. The molecule has 1 saturated carbocycles. The van der Waals surface area contributed by atoms with Crippen molar-refractivity contribution in [3.63, 3.8) is 0 Å². The van der Waals surface area contributed by atoms with Crippen LogP contribution in [-0.4, -0.2) is 59.5 Å². The standard InChI is InChI=1S/C23H33N3O4S/c1-4-29-22(28)16(2)30-20-12-8-11-18(13-20)24-21(27)14-19-15-31-23(26(19)3)25-17-9-6-5-7-10-17/h8,11-13,16-17,19H,4-7,9-10,14-15H2,1-3H3,(H,24,27). The number of benzene rings is 1. The fraction of sp³-hybridized carbons (Fsp3) is 0.609. The van der Waals surface area contributed by atoms with Gasteiger partial charge in [-0.15, -0.1) is 0 Å². The largest absolute Gasteiger partial charge is 0.479 e. The van der Waals surface area contributed by atoms with Gasteiger partial charge in [0, 0.05) is 37.0 Å². The minimum absolute atomic E-state index is 0.0491. The van der Waals surface area contributed by atoms with Crippen molar-refractivity contribution in [3.8, 4) is 5.75 Å². The molecule has 1 aliphatic carbocycles. The van der Waals surface area contributed by atoms with Gasteiger partial charge in [-0.1, -0.05) is 37.1 Å². The van der Waals surface area contributed by atoms with E-state index in [0.29, 0.717) is 30.5 Å². The highest BCUT2D eigenvalue weighted by Crippen LogP contribution is 2.28. The molecule has 2 fully saturated rings. The van der Waals surface area contributed by atoms with Crippen LogP contribution in [0.4, 0.5) is 5.69 Å². The van der Waals surface area contributed by atoms with Crippen molar-refractivity contribution >= 4 is 34.5 Å². The molecular formula is C23H33N3O4S. The molecule has 0 radical (unpaired) electrons. The highest BCUT2D eigenvalue weighted by molar-refractivity contribution is 8.14. The number of aliphatic imine (C=N–C) groups is 1. The van der Waals surface area contributed by atoms with Crippen LogP contribution in [0.1, 0.15) is 52.4 Å². The number of hydrogen-bond donors (Lipinski definition) is 1. The zero-order chi connectivity index (χ0) is 22.2. The Morgan fingerprint density at radius 3 is 2.81 bits per heavy atom. The first kappa shape index (κ1) is 23.4. The lowest BCUT2D eigenvalue weighted by atomic mass is 9.96. The summed E-state index contributed by atoms with van der Waals surface area (Å²) in [6.45, 7) is 3.71. The number of amidine groups is 1. The van der Waals surface area contributed by atoms with Crippen LogP contribution in [0, 0.1) is 0 Å². The molecule has 31 heavy (non-hydrogen) atoms. The molecular weight excluding hydrogens is 414 g/mol. The lowest BCUT2D eigenvalue weighted by Gasteiger charge is -2.23. The number of anilines is 1. The van der Waals surface area contributed by atoms with Crippen LogP contribution in [0.3, 0.4) is 0 Å². The molecule has 1 amide bonds. The number of carbonyl (C=O) groups excluding carboxylic acids is 2. The Labute approximate surface area is 189 Å². The summed E-state index contributed by atoms with van der Waals surface area (Å²) in [4.78, 5) is 31.5. The number of nitrogens with zero attached hydrogens (tertiary/aromatic N) is 2. The molecule has 2 aliphatic rings. The Morgan fingerprint density at radius 1 is 1.29 bits per heavy atom. The lowest BCUT2D eigenvalue weighted by Crippen LogP contribution is -2.34. The maximum absolute atomic E-state index is 12.6. The normalized spacial score (nSPS) is 21.7. The monoisotopic (exact) mass is 447 g/mol. The minimum atomic E-state index is -0.711. The van der Waals surface area contributed by atoms with Gasteiger partial charge in [0.15, 0.2) is 11.3 Å². The molecule has 1 aliphatic heterocycles. The summed E-state index contributed by atoms with van der Waals surface area (Å²) >= 11 is 1.75. The molecule has 0 bridgehead atoms. The van der Waals surface area contributed by atoms with E-state index in [0.717, 1.165) is 10.9 Å². The van der Waals surface area contributed by atoms with E-state index in [2.05, 4.69) is 10.2 Å². The van der Waals surface area contributed by atoms with Gasteiger partial charge in [-0.2, -0.15) is 0 Å². The van der Waals surface area contributed by atoms with Crippen molar-refractivity contribution in [2.75, 3.05) is 24.7 Å². The third-order valence-electron chi connectivity index (χ3n) is 5.59. The van der Waals surface area contributed by atoms with Crippen molar-refractivity contribution in [1.29, 1.82) is 0 Å². The van der Waals surface area contributed by atoms with Crippen LogP contribution in [0.25, 0.3) is 0 Å². The Morgan fingerprint density at radius 2 is 2.06 bits per heavy atom. The zero-order valence-corrected chi connectivity index (χ0v) is 19.5. The van der Waals surface area contributed by atoms with Crippen LogP contribution >= 0.6 is 11.8 Å². The van der Waals surface area contributed by atoms with Crippen LogP contribution in [0.2, 0.25) is 0 Å². The first-order valence-corrected chi connectivity index (χ1v) is 12.1. The fourth-order valence-electron chi connectivity index (χ4n) is 3.82. The predicted molar refractivity (Wildman–Crippen MR) is 125 cm³/mol. The van der Waals surface area contributed by atoms with Crippen LogP contribution in [0.15, 0.2) is 29.3 Å². The average molecular weight is 448 g/mol. The molecule has 2 atom stereocenters. The summed E-state index contributed by atoms with van der Waals surface area (Å²) < 4.78 is 10.6. The van der Waals surface area contributed by atoms with Gasteiger partial charge in [0.05, 0.1) is 12.6 Å². The van der Waals surface area contributed by atoms with Crippen molar-refractivity contribution in [2.45, 2.75) is 70.6 Å². The number of hydrogen-bond acceptors (Lipinski definition) is 6. The summed E-state index contributed by atoms with van der Waals surface area (Å²) in [6.07, 6.45) is 5.90. The second-order valence-corrected chi connectivity index (χ2v) is 9.06. The van der Waals surface area contributed by atoms with Crippen LogP contribution < -0.4 is 10.1 Å². The van der Waals surface area contributed by atoms with Gasteiger partial charge in [0.2, 0.25) is 5.91 Å². The van der Waals surface area contributed by atoms with E-state index in [-0.39, 0.29) is 11.9 Å². The van der Waals surface area contributed by atoms with Crippen molar-refractivity contribution in [2.24, 2.45) is 4.99 Å². The van der Waals surface area contributed by atoms with Gasteiger partial charge in [-0.3, -0.25) is 9.79 Å². The van der Waals surface area contributed by atoms with Crippen LogP contribution in [-0.2, 0) is 14.3 Å². The Kier molecular flexibility index (Phi) is 8.63. The van der Waals surface area contributed by atoms with Gasteiger partial charge in [0.1, 0.15) is 5.75 Å². The third kappa shape index (κ3) is 6.89. The van der Waals surface area contributed by atoms with Crippen molar-refractivity contribution in [3.05, 3.63) is 24.3 Å². The Balaban J connectivity index is 1.51. The maximum Gasteiger partial charge on any atom is 0.347 e. The lowest BCUT2D eigenvalue weighted by molar-refractivity contribution is -0.150. The van der Waals surface area contributed by atoms with Crippen molar-refractivity contribution < 1.29 is 19.1 Å². The van der Waals surface area contributed by atoms with Gasteiger partial charge in [-0.05, 0) is 38.8 Å². The SMILES string of the molecule is CCOC(=O)C(C)Oc1cccc(NC(=O)CC2CSC(=NC3CCCCC3)N2C)c1. The topological polar surface area (TPSA) is 80.2 Å². The number of esters is 1. The Bertz CT molecular complexity index is 795. The van der Waals surface area contributed by atoms with E-state index in [1.807, 2.05) is 13.1 Å². The molecule has 1 N–H and O–H groups in total. The fourth-order valence-corrected chi connectivity index (χ4v) is 5.08. The summed E-state index contributed by atoms with van der Waals surface area (Å²) in [7, 11) is 2.03. The molecule has 0 spiro atoms. The quantitative estimate of drug-likeness (QED) is 0.605. The second-order valence-electron chi connectivity index (χ2n) is 8.07. The first-order valence-electron chi connectivity index (χ1n) is 11.1. The molecule has 1 saturated heterocycles. The number of thioether (sulfide) groups is 1. The predicted octanol–water partition coefficient (Wildman–Crippen LogP) is 4.08. The van der Waals surface area contributed by atoms with E-state index in [4.69, 9.17) is 14.5 Å². The smallest absolute Gasteiger partial charge is 0.347 e. The van der Waals surface area contributed by atoms with Crippen molar-refractivity contribution in [1.82, 2.24) is 4.90 Å². The minimum Gasteiger partial charge on any atom is -0.479 e. The zero-order valence-electron chi connectivity index (χ0n) is 18.6. The van der Waals surface area contributed by atoms with E-state index in [9.17, 15) is 9.59 Å². The summed E-state index contributed by atoms with van der Waals surface area (Å²) in [5, 5.41) is 4.01.